The van der Waals surface area contributed by atoms with Crippen LogP contribution < -0.4 is 5.73 Å². The van der Waals surface area contributed by atoms with E-state index >= 15 is 0 Å². The fourth-order valence-electron chi connectivity index (χ4n) is 1.11. The molecule has 6 heteroatoms. The molecule has 0 saturated heterocycles. The fourth-order valence-corrected chi connectivity index (χ4v) is 1.11. The summed E-state index contributed by atoms with van der Waals surface area (Å²) in [4.78, 5) is 26.0. The lowest BCUT2D eigenvalue weighted by Gasteiger charge is -2.08. The molecular formula is C11H12N2O4. The van der Waals surface area contributed by atoms with Gasteiger partial charge in [-0.25, -0.2) is 9.79 Å². The maximum Gasteiger partial charge on any atom is 0.354 e. The number of aliphatic imine (C=N–C) groups is 1. The molecule has 0 spiro atoms. The first-order valence-electron chi connectivity index (χ1n) is 4.76. The lowest BCUT2D eigenvalue weighted by atomic mass is 10.2. The second-order valence-corrected chi connectivity index (χ2v) is 3.14. The van der Waals surface area contributed by atoms with Crippen molar-refractivity contribution in [2.45, 2.75) is 6.04 Å². The smallest absolute Gasteiger partial charge is 0.354 e. The number of carbonyl (C=O) groups is 2. The number of ether oxygens (including phenoxy) is 1. The zero-order valence-electron chi connectivity index (χ0n) is 9.16. The van der Waals surface area contributed by atoms with Crippen LogP contribution in [0.4, 0.5) is 5.69 Å². The molecule has 1 atom stereocenters. The average molecular weight is 236 g/mol. The van der Waals surface area contributed by atoms with E-state index in [-0.39, 0.29) is 5.71 Å². The van der Waals surface area contributed by atoms with E-state index in [9.17, 15) is 9.59 Å². The summed E-state index contributed by atoms with van der Waals surface area (Å²) >= 11 is 0. The average Bonchev–Trinajstić information content (AvgIpc) is 2.35. The molecule has 0 bridgehead atoms. The van der Waals surface area contributed by atoms with Crippen LogP contribution in [0.1, 0.15) is 0 Å². The van der Waals surface area contributed by atoms with Gasteiger partial charge in [0.05, 0.1) is 12.8 Å². The highest BCUT2D eigenvalue weighted by Gasteiger charge is 2.26. The third kappa shape index (κ3) is 3.39. The summed E-state index contributed by atoms with van der Waals surface area (Å²) in [5, 5.41) is 8.76. The highest BCUT2D eigenvalue weighted by molar-refractivity contribution is 6.42. The predicted molar refractivity (Wildman–Crippen MR) is 61.2 cm³/mol. The summed E-state index contributed by atoms with van der Waals surface area (Å²) < 4.78 is 4.44. The molecule has 0 fully saturated rings. The Morgan fingerprint density at radius 2 is 1.94 bits per heavy atom. The Morgan fingerprint density at radius 3 is 2.41 bits per heavy atom. The maximum absolute atomic E-state index is 11.4. The van der Waals surface area contributed by atoms with Crippen molar-refractivity contribution in [2.75, 3.05) is 7.11 Å². The molecule has 0 saturated carbocycles. The van der Waals surface area contributed by atoms with Crippen molar-refractivity contribution in [3.8, 4) is 0 Å². The van der Waals surface area contributed by atoms with E-state index in [0.29, 0.717) is 5.69 Å². The number of benzene rings is 1. The van der Waals surface area contributed by atoms with Crippen molar-refractivity contribution in [3.05, 3.63) is 30.3 Å². The SMILES string of the molecule is COC(=O)C(=Nc1ccccc1)C(N)C(=O)O. The van der Waals surface area contributed by atoms with Gasteiger partial charge in [0, 0.05) is 0 Å². The number of methoxy groups -OCH3 is 1. The molecule has 0 aliphatic rings. The minimum absolute atomic E-state index is 0.341. The van der Waals surface area contributed by atoms with E-state index in [1.165, 1.54) is 0 Å². The van der Waals surface area contributed by atoms with E-state index < -0.39 is 18.0 Å². The van der Waals surface area contributed by atoms with Crippen molar-refractivity contribution in [1.82, 2.24) is 0 Å². The van der Waals surface area contributed by atoms with E-state index in [2.05, 4.69) is 9.73 Å². The van der Waals surface area contributed by atoms with E-state index in [1.807, 2.05) is 0 Å². The topological polar surface area (TPSA) is 102 Å². The summed E-state index contributed by atoms with van der Waals surface area (Å²) in [6.07, 6.45) is 0. The Kier molecular flexibility index (Phi) is 4.36. The number of nitrogens with two attached hydrogens (primary N) is 1. The van der Waals surface area contributed by atoms with Gasteiger partial charge in [0.1, 0.15) is 0 Å². The molecule has 0 amide bonds. The minimum Gasteiger partial charge on any atom is -0.480 e. The molecule has 0 aliphatic carbocycles. The number of esters is 1. The van der Waals surface area contributed by atoms with Crippen LogP contribution in [-0.2, 0) is 14.3 Å². The van der Waals surface area contributed by atoms with E-state index in [0.717, 1.165) is 7.11 Å². The standard InChI is InChI=1S/C11H12N2O4/c1-17-11(16)9(8(12)10(14)15)13-7-5-3-2-4-6-7/h2-6,8H,12H2,1H3,(H,14,15). The zero-order chi connectivity index (χ0) is 12.8. The number of nitrogens with zero attached hydrogens (tertiary/aromatic N) is 1. The van der Waals surface area contributed by atoms with Crippen molar-refractivity contribution in [1.29, 1.82) is 0 Å². The van der Waals surface area contributed by atoms with Gasteiger partial charge in [-0.15, -0.1) is 0 Å². The molecule has 0 heterocycles. The van der Waals surface area contributed by atoms with Crippen LogP contribution in [0, 0.1) is 0 Å². The highest BCUT2D eigenvalue weighted by Crippen LogP contribution is 2.11. The molecule has 3 N–H and O–H groups in total. The Hall–Kier alpha value is -2.21. The molecule has 1 rings (SSSR count). The normalized spacial score (nSPS) is 12.9. The molecule has 0 aliphatic heterocycles. The first kappa shape index (κ1) is 12.9. The third-order valence-corrected chi connectivity index (χ3v) is 1.96. The quantitative estimate of drug-likeness (QED) is 0.580. The number of carboxylic acids is 1. The van der Waals surface area contributed by atoms with Crippen LogP contribution in [0.3, 0.4) is 0 Å². The van der Waals surface area contributed by atoms with Gasteiger partial charge < -0.3 is 15.6 Å². The molecule has 1 unspecified atom stereocenters. The monoisotopic (exact) mass is 236 g/mol. The maximum atomic E-state index is 11.4. The second kappa shape index (κ2) is 5.76. The largest absolute Gasteiger partial charge is 0.480 e. The number of hydrogen-bond acceptors (Lipinski definition) is 5. The molecule has 0 aromatic heterocycles. The summed E-state index contributed by atoms with van der Waals surface area (Å²) in [6, 6.07) is 6.92. The van der Waals surface area contributed by atoms with E-state index in [4.69, 9.17) is 10.8 Å². The van der Waals surface area contributed by atoms with Gasteiger partial charge in [0.2, 0.25) is 0 Å². The molecule has 1 aromatic rings. The Morgan fingerprint density at radius 1 is 1.35 bits per heavy atom. The van der Waals surface area contributed by atoms with Crippen LogP contribution in [-0.4, -0.2) is 35.9 Å². The lowest BCUT2D eigenvalue weighted by Crippen LogP contribution is -2.43. The van der Waals surface area contributed by atoms with Crippen LogP contribution in [0.5, 0.6) is 0 Å². The minimum atomic E-state index is -1.51. The number of rotatable bonds is 4. The predicted octanol–water partition coefficient (Wildman–Crippen LogP) is 0.344. The lowest BCUT2D eigenvalue weighted by molar-refractivity contribution is -0.139. The van der Waals surface area contributed by atoms with Gasteiger partial charge >= 0.3 is 11.9 Å². The van der Waals surface area contributed by atoms with E-state index in [1.54, 1.807) is 30.3 Å². The molecule has 17 heavy (non-hydrogen) atoms. The number of aliphatic carboxylic acids is 1. The van der Waals surface area contributed by atoms with Crippen LogP contribution in [0.2, 0.25) is 0 Å². The number of para-hydroxylation sites is 1. The molecule has 1 aromatic carbocycles. The van der Waals surface area contributed by atoms with Gasteiger partial charge in [-0.1, -0.05) is 18.2 Å². The van der Waals surface area contributed by atoms with Gasteiger partial charge in [-0.2, -0.15) is 0 Å². The van der Waals surface area contributed by atoms with Crippen LogP contribution in [0.25, 0.3) is 0 Å². The second-order valence-electron chi connectivity index (χ2n) is 3.14. The molecule has 0 radical (unpaired) electrons. The highest BCUT2D eigenvalue weighted by atomic mass is 16.5. The van der Waals surface area contributed by atoms with Gasteiger partial charge in [0.15, 0.2) is 11.8 Å². The van der Waals surface area contributed by atoms with Crippen LogP contribution in [0.15, 0.2) is 35.3 Å². The number of carbonyl (C=O) groups excluding carboxylic acids is 1. The van der Waals surface area contributed by atoms with Gasteiger partial charge in [-0.3, -0.25) is 4.79 Å². The molecule has 90 valence electrons. The Labute approximate surface area is 97.7 Å². The molecular weight excluding hydrogens is 224 g/mol. The third-order valence-electron chi connectivity index (χ3n) is 1.96. The van der Waals surface area contributed by atoms with Crippen molar-refractivity contribution in [3.63, 3.8) is 0 Å². The van der Waals surface area contributed by atoms with Gasteiger partial charge in [-0.05, 0) is 12.1 Å². The molecule has 6 nitrogen and oxygen atoms in total. The first-order chi connectivity index (χ1) is 8.06. The van der Waals surface area contributed by atoms with Crippen molar-refractivity contribution in [2.24, 2.45) is 10.7 Å². The summed E-state index contributed by atoms with van der Waals surface area (Å²) in [5.74, 6) is -2.20. The number of carboxylic acid groups (broad SMARTS) is 1. The number of hydrogen-bond donors (Lipinski definition) is 2. The summed E-state index contributed by atoms with van der Waals surface area (Å²) in [5.41, 5.74) is 5.45. The van der Waals surface area contributed by atoms with Gasteiger partial charge in [0.25, 0.3) is 0 Å². The first-order valence-corrected chi connectivity index (χ1v) is 4.76. The summed E-state index contributed by atoms with van der Waals surface area (Å²) in [6.45, 7) is 0. The summed E-state index contributed by atoms with van der Waals surface area (Å²) in [7, 11) is 1.14. The van der Waals surface area contributed by atoms with Crippen molar-refractivity contribution >= 4 is 23.3 Å². The fraction of sp³-hybridized carbons (Fsp3) is 0.182. The van der Waals surface area contributed by atoms with Crippen LogP contribution >= 0.6 is 0 Å². The Bertz CT molecular complexity index is 442. The zero-order valence-corrected chi connectivity index (χ0v) is 9.16. The van der Waals surface area contributed by atoms with Crippen molar-refractivity contribution < 1.29 is 19.4 Å². The Balaban J connectivity index is 3.11.